The molecule has 1 aromatic heterocycles. The van der Waals surface area contributed by atoms with Gasteiger partial charge in [0.1, 0.15) is 18.1 Å². The third kappa shape index (κ3) is 7.20. The fourth-order valence-electron chi connectivity index (χ4n) is 3.49. The van der Waals surface area contributed by atoms with E-state index in [-0.39, 0.29) is 5.92 Å². The van der Waals surface area contributed by atoms with Crippen molar-refractivity contribution in [2.75, 3.05) is 13.2 Å². The molecule has 34 heavy (non-hydrogen) atoms. The van der Waals surface area contributed by atoms with E-state index in [9.17, 15) is 9.90 Å². The van der Waals surface area contributed by atoms with E-state index >= 15 is 0 Å². The monoisotopic (exact) mass is 464 g/mol. The molecular formula is C27H32N2O5. The molecule has 0 saturated carbocycles. The second kappa shape index (κ2) is 12.6. The molecule has 7 nitrogen and oxygen atoms in total. The second-order valence-corrected chi connectivity index (χ2v) is 8.23. The molecule has 7 heteroatoms. The number of aryl methyl sites for hydroxylation is 1. The first-order valence-corrected chi connectivity index (χ1v) is 11.6. The van der Waals surface area contributed by atoms with Crippen molar-refractivity contribution in [1.82, 2.24) is 4.98 Å². The van der Waals surface area contributed by atoms with Gasteiger partial charge in [0.2, 0.25) is 5.89 Å². The number of hydrogen-bond acceptors (Lipinski definition) is 6. The van der Waals surface area contributed by atoms with Crippen molar-refractivity contribution in [3.05, 3.63) is 71.6 Å². The van der Waals surface area contributed by atoms with Gasteiger partial charge in [-0.2, -0.15) is 0 Å². The van der Waals surface area contributed by atoms with Gasteiger partial charge in [-0.1, -0.05) is 49.3 Å². The standard InChI is InChI=1S/C27H32N2O5/c1-4-15-33-28-18-19(2)24(27(30)31)17-21-10-12-23(13-11-21)32-16-14-25-20(3)34-26(29-25)22-8-6-5-7-9-22/h5-13,18-19,24H,4,14-17H2,1-3H3,(H,30,31)/b28-18+. The minimum atomic E-state index is -0.854. The number of aromatic nitrogens is 1. The number of nitrogens with zero attached hydrogens (tertiary/aromatic N) is 2. The molecule has 3 rings (SSSR count). The molecule has 180 valence electrons. The highest BCUT2D eigenvalue weighted by Gasteiger charge is 2.24. The third-order valence-electron chi connectivity index (χ3n) is 5.52. The van der Waals surface area contributed by atoms with E-state index in [1.807, 2.05) is 75.4 Å². The van der Waals surface area contributed by atoms with Crippen molar-refractivity contribution < 1.29 is 23.9 Å². The smallest absolute Gasteiger partial charge is 0.307 e. The van der Waals surface area contributed by atoms with Crippen molar-refractivity contribution in [2.45, 2.75) is 40.0 Å². The molecule has 0 fully saturated rings. The fourth-order valence-corrected chi connectivity index (χ4v) is 3.49. The van der Waals surface area contributed by atoms with E-state index in [1.165, 1.54) is 0 Å². The number of benzene rings is 2. The molecule has 2 atom stereocenters. The van der Waals surface area contributed by atoms with Crippen LogP contribution in [0.5, 0.6) is 5.75 Å². The van der Waals surface area contributed by atoms with Gasteiger partial charge in [-0.05, 0) is 49.6 Å². The molecule has 1 heterocycles. The van der Waals surface area contributed by atoms with Crippen LogP contribution in [-0.4, -0.2) is 35.5 Å². The average Bonchev–Trinajstić information content (AvgIpc) is 3.22. The van der Waals surface area contributed by atoms with E-state index in [1.54, 1.807) is 6.21 Å². The van der Waals surface area contributed by atoms with Crippen LogP contribution in [0.4, 0.5) is 0 Å². The van der Waals surface area contributed by atoms with Crippen molar-refractivity contribution in [3.63, 3.8) is 0 Å². The van der Waals surface area contributed by atoms with Gasteiger partial charge in [0.05, 0.1) is 18.2 Å². The van der Waals surface area contributed by atoms with E-state index < -0.39 is 11.9 Å². The van der Waals surface area contributed by atoms with Crippen LogP contribution < -0.4 is 4.74 Å². The Bertz CT molecular complexity index is 1060. The number of carboxylic acids is 1. The van der Waals surface area contributed by atoms with Crippen molar-refractivity contribution in [1.29, 1.82) is 0 Å². The molecule has 1 N–H and O–H groups in total. The molecule has 0 saturated heterocycles. The molecule has 0 radical (unpaired) electrons. The van der Waals surface area contributed by atoms with Crippen LogP contribution in [0.3, 0.4) is 0 Å². The first-order chi connectivity index (χ1) is 16.5. The van der Waals surface area contributed by atoms with Gasteiger partial charge < -0.3 is 19.1 Å². The van der Waals surface area contributed by atoms with Gasteiger partial charge in [0, 0.05) is 24.1 Å². The summed E-state index contributed by atoms with van der Waals surface area (Å²) in [6.07, 6.45) is 3.45. The van der Waals surface area contributed by atoms with Crippen LogP contribution in [-0.2, 0) is 22.5 Å². The highest BCUT2D eigenvalue weighted by molar-refractivity contribution is 5.76. The van der Waals surface area contributed by atoms with Gasteiger partial charge in [0.25, 0.3) is 0 Å². The lowest BCUT2D eigenvalue weighted by Crippen LogP contribution is -2.25. The maximum atomic E-state index is 11.8. The Balaban J connectivity index is 1.52. The molecular weight excluding hydrogens is 432 g/mol. The zero-order valence-corrected chi connectivity index (χ0v) is 19.9. The Morgan fingerprint density at radius 3 is 2.56 bits per heavy atom. The SMILES string of the molecule is CCCO/N=C/C(C)C(Cc1ccc(OCCc2nc(-c3ccccc3)oc2C)cc1)C(=O)O. The first kappa shape index (κ1) is 25.0. The quantitative estimate of drug-likeness (QED) is 0.202. The molecule has 0 aliphatic carbocycles. The van der Waals surface area contributed by atoms with Crippen LogP contribution in [0.1, 0.15) is 37.3 Å². The van der Waals surface area contributed by atoms with Gasteiger partial charge in [-0.3, -0.25) is 4.79 Å². The van der Waals surface area contributed by atoms with Crippen LogP contribution in [0.15, 0.2) is 64.2 Å². The zero-order chi connectivity index (χ0) is 24.3. The second-order valence-electron chi connectivity index (χ2n) is 8.23. The predicted octanol–water partition coefficient (Wildman–Crippen LogP) is 5.56. The number of carboxylic acid groups (broad SMARTS) is 1. The van der Waals surface area contributed by atoms with Crippen molar-refractivity contribution in [3.8, 4) is 17.2 Å². The molecule has 0 aliphatic heterocycles. The van der Waals surface area contributed by atoms with Crippen LogP contribution in [0, 0.1) is 18.8 Å². The number of aliphatic carboxylic acids is 1. The average molecular weight is 465 g/mol. The Hall–Kier alpha value is -3.61. The predicted molar refractivity (Wildman–Crippen MR) is 131 cm³/mol. The summed E-state index contributed by atoms with van der Waals surface area (Å²) in [4.78, 5) is 21.5. The Morgan fingerprint density at radius 2 is 1.88 bits per heavy atom. The topological polar surface area (TPSA) is 94.2 Å². The molecule has 0 amide bonds. The summed E-state index contributed by atoms with van der Waals surface area (Å²) in [6, 6.07) is 17.3. The van der Waals surface area contributed by atoms with E-state index in [0.717, 1.165) is 34.8 Å². The summed E-state index contributed by atoms with van der Waals surface area (Å²) >= 11 is 0. The summed E-state index contributed by atoms with van der Waals surface area (Å²) < 4.78 is 11.7. The van der Waals surface area contributed by atoms with E-state index in [2.05, 4.69) is 10.1 Å². The van der Waals surface area contributed by atoms with Crippen LogP contribution >= 0.6 is 0 Å². The lowest BCUT2D eigenvalue weighted by molar-refractivity contribution is -0.142. The van der Waals surface area contributed by atoms with E-state index in [0.29, 0.717) is 31.9 Å². The highest BCUT2D eigenvalue weighted by atomic mass is 16.6. The summed E-state index contributed by atoms with van der Waals surface area (Å²) in [5.74, 6) is 0.429. The lowest BCUT2D eigenvalue weighted by atomic mass is 9.89. The maximum Gasteiger partial charge on any atom is 0.307 e. The molecule has 2 unspecified atom stereocenters. The summed E-state index contributed by atoms with van der Waals surface area (Å²) in [7, 11) is 0. The van der Waals surface area contributed by atoms with Crippen molar-refractivity contribution in [2.24, 2.45) is 17.0 Å². The normalized spacial score (nSPS) is 13.0. The van der Waals surface area contributed by atoms with Crippen LogP contribution in [0.25, 0.3) is 11.5 Å². The number of rotatable bonds is 13. The fraction of sp³-hybridized carbons (Fsp3) is 0.370. The number of ether oxygens (including phenoxy) is 1. The zero-order valence-electron chi connectivity index (χ0n) is 19.9. The van der Waals surface area contributed by atoms with Crippen molar-refractivity contribution >= 4 is 12.2 Å². The Kier molecular flexibility index (Phi) is 9.26. The Morgan fingerprint density at radius 1 is 1.15 bits per heavy atom. The third-order valence-corrected chi connectivity index (χ3v) is 5.52. The largest absolute Gasteiger partial charge is 0.493 e. The van der Waals surface area contributed by atoms with Gasteiger partial charge in [-0.15, -0.1) is 0 Å². The minimum Gasteiger partial charge on any atom is -0.493 e. The molecule has 3 aromatic rings. The number of oxime groups is 1. The number of hydrogen-bond donors (Lipinski definition) is 1. The summed E-state index contributed by atoms with van der Waals surface area (Å²) in [6.45, 7) is 6.72. The van der Waals surface area contributed by atoms with Crippen LogP contribution in [0.2, 0.25) is 0 Å². The lowest BCUT2D eigenvalue weighted by Gasteiger charge is -2.16. The molecule has 0 aliphatic rings. The number of oxazole rings is 1. The Labute approximate surface area is 200 Å². The number of carbonyl (C=O) groups is 1. The molecule has 0 spiro atoms. The summed E-state index contributed by atoms with van der Waals surface area (Å²) in [5, 5.41) is 13.5. The van der Waals surface area contributed by atoms with Gasteiger partial charge >= 0.3 is 5.97 Å². The first-order valence-electron chi connectivity index (χ1n) is 11.6. The minimum absolute atomic E-state index is 0.253. The maximum absolute atomic E-state index is 11.8. The highest BCUT2D eigenvalue weighted by Crippen LogP contribution is 2.23. The molecule has 2 aromatic carbocycles. The molecule has 0 bridgehead atoms. The van der Waals surface area contributed by atoms with Gasteiger partial charge in [0.15, 0.2) is 0 Å². The van der Waals surface area contributed by atoms with Gasteiger partial charge in [-0.25, -0.2) is 4.98 Å². The summed E-state index contributed by atoms with van der Waals surface area (Å²) in [5.41, 5.74) is 2.75. The van der Waals surface area contributed by atoms with E-state index in [4.69, 9.17) is 14.0 Å².